The van der Waals surface area contributed by atoms with Crippen LogP contribution in [0.4, 0.5) is 0 Å². The molecule has 2 aromatic rings. The van der Waals surface area contributed by atoms with E-state index in [1.807, 2.05) is 18.2 Å². The Bertz CT molecular complexity index is 620. The summed E-state index contributed by atoms with van der Waals surface area (Å²) >= 11 is 5.53. The summed E-state index contributed by atoms with van der Waals surface area (Å²) in [6, 6.07) is 9.13. The van der Waals surface area contributed by atoms with E-state index in [1.165, 1.54) is 6.20 Å². The molecule has 0 bridgehead atoms. The maximum Gasteiger partial charge on any atom is 0.196 e. The highest BCUT2D eigenvalue weighted by atomic mass is 35.5. The highest BCUT2D eigenvalue weighted by Gasteiger charge is 2.18. The monoisotopic (exact) mass is 269 g/mol. The second kappa shape index (κ2) is 5.02. The molecule has 0 spiro atoms. The number of nitrogens with zero attached hydrogens (tertiary/aromatic N) is 1. The van der Waals surface area contributed by atoms with Crippen LogP contribution >= 0.6 is 11.6 Å². The van der Waals surface area contributed by atoms with Gasteiger partial charge in [0, 0.05) is 17.5 Å². The van der Waals surface area contributed by atoms with Crippen LogP contribution in [0.1, 0.15) is 6.42 Å². The Morgan fingerprint density at radius 1 is 1.18 bits per heavy atom. The molecule has 0 saturated heterocycles. The van der Waals surface area contributed by atoms with Crippen molar-refractivity contribution in [3.63, 3.8) is 0 Å². The van der Waals surface area contributed by atoms with Crippen LogP contribution in [0.5, 0.6) is 0 Å². The lowest BCUT2D eigenvalue weighted by molar-refractivity contribution is 0.592. The van der Waals surface area contributed by atoms with Crippen molar-refractivity contribution in [1.29, 1.82) is 0 Å². The highest BCUT2D eigenvalue weighted by Crippen LogP contribution is 2.21. The van der Waals surface area contributed by atoms with Gasteiger partial charge in [0.25, 0.3) is 0 Å². The van der Waals surface area contributed by atoms with Crippen LogP contribution in [0.3, 0.4) is 0 Å². The number of alkyl halides is 1. The van der Waals surface area contributed by atoms with Crippen molar-refractivity contribution in [2.75, 3.05) is 11.6 Å². The van der Waals surface area contributed by atoms with Crippen LogP contribution in [0, 0.1) is 0 Å². The fourth-order valence-corrected chi connectivity index (χ4v) is 3.43. The molecule has 0 fully saturated rings. The lowest BCUT2D eigenvalue weighted by Crippen LogP contribution is -2.09. The van der Waals surface area contributed by atoms with E-state index >= 15 is 0 Å². The van der Waals surface area contributed by atoms with Crippen molar-refractivity contribution < 1.29 is 8.42 Å². The molecule has 0 N–H and O–H groups in total. The predicted octanol–water partition coefficient (Wildman–Crippen LogP) is 2.64. The van der Waals surface area contributed by atoms with Crippen molar-refractivity contribution in [3.8, 4) is 0 Å². The maximum atomic E-state index is 12.1. The van der Waals surface area contributed by atoms with Crippen LogP contribution in [-0.4, -0.2) is 25.0 Å². The lowest BCUT2D eigenvalue weighted by atomic mass is 10.2. The number of hydrogen-bond donors (Lipinski definition) is 0. The van der Waals surface area contributed by atoms with Gasteiger partial charge in [-0.1, -0.05) is 24.3 Å². The van der Waals surface area contributed by atoms with Gasteiger partial charge in [0.2, 0.25) is 0 Å². The molecule has 2 rings (SSSR count). The zero-order valence-corrected chi connectivity index (χ0v) is 10.7. The molecular formula is C12H12ClNO2S. The number of halogens is 1. The normalized spacial score (nSPS) is 11.8. The van der Waals surface area contributed by atoms with Gasteiger partial charge in [0.1, 0.15) is 0 Å². The third-order valence-electron chi connectivity index (χ3n) is 2.48. The fourth-order valence-electron chi connectivity index (χ4n) is 1.68. The Balaban J connectivity index is 2.55. The molecule has 90 valence electrons. The zero-order chi connectivity index (χ0) is 12.3. The van der Waals surface area contributed by atoms with Gasteiger partial charge in [0.15, 0.2) is 14.9 Å². The average molecular weight is 270 g/mol. The van der Waals surface area contributed by atoms with Gasteiger partial charge in [-0.15, -0.1) is 11.6 Å². The van der Waals surface area contributed by atoms with Gasteiger partial charge in [-0.25, -0.2) is 13.4 Å². The van der Waals surface area contributed by atoms with E-state index in [4.69, 9.17) is 11.6 Å². The highest BCUT2D eigenvalue weighted by molar-refractivity contribution is 7.91. The summed E-state index contributed by atoms with van der Waals surface area (Å²) in [5.41, 5.74) is 0. The third kappa shape index (κ3) is 2.58. The van der Waals surface area contributed by atoms with Crippen molar-refractivity contribution in [3.05, 3.63) is 36.5 Å². The molecule has 0 unspecified atom stereocenters. The summed E-state index contributed by atoms with van der Waals surface area (Å²) in [4.78, 5) is 4.00. The summed E-state index contributed by atoms with van der Waals surface area (Å²) < 4.78 is 24.2. The third-order valence-corrected chi connectivity index (χ3v) is 4.49. The number of hydrogen-bond acceptors (Lipinski definition) is 3. The van der Waals surface area contributed by atoms with E-state index in [-0.39, 0.29) is 10.8 Å². The predicted molar refractivity (Wildman–Crippen MR) is 69.1 cm³/mol. The molecule has 5 heteroatoms. The topological polar surface area (TPSA) is 47.0 Å². The summed E-state index contributed by atoms with van der Waals surface area (Å²) in [5, 5.41) is 1.71. The smallest absolute Gasteiger partial charge is 0.196 e. The number of rotatable bonds is 4. The van der Waals surface area contributed by atoms with Gasteiger partial charge in [0.05, 0.1) is 5.75 Å². The minimum Gasteiger partial charge on any atom is -0.244 e. The molecule has 1 aromatic carbocycles. The van der Waals surface area contributed by atoms with E-state index in [9.17, 15) is 8.42 Å². The van der Waals surface area contributed by atoms with Gasteiger partial charge in [-0.3, -0.25) is 0 Å². The lowest BCUT2D eigenvalue weighted by Gasteiger charge is -2.06. The zero-order valence-electron chi connectivity index (χ0n) is 9.14. The maximum absolute atomic E-state index is 12.1. The van der Waals surface area contributed by atoms with Crippen molar-refractivity contribution in [2.45, 2.75) is 11.4 Å². The Hall–Kier alpha value is -1.13. The average Bonchev–Trinajstić information content (AvgIpc) is 2.36. The SMILES string of the molecule is O=S(=O)(CCCCl)c1nccc2ccccc12. The Morgan fingerprint density at radius 2 is 1.94 bits per heavy atom. The first kappa shape index (κ1) is 12.3. The summed E-state index contributed by atoms with van der Waals surface area (Å²) in [5.74, 6) is 0.376. The van der Waals surface area contributed by atoms with Crippen LogP contribution < -0.4 is 0 Å². The number of benzene rings is 1. The first-order chi connectivity index (χ1) is 8.15. The van der Waals surface area contributed by atoms with E-state index in [0.717, 1.165) is 5.39 Å². The quantitative estimate of drug-likeness (QED) is 0.802. The van der Waals surface area contributed by atoms with Crippen LogP contribution in [0.15, 0.2) is 41.6 Å². The van der Waals surface area contributed by atoms with Crippen molar-refractivity contribution in [1.82, 2.24) is 4.98 Å². The second-order valence-electron chi connectivity index (χ2n) is 3.70. The minimum absolute atomic E-state index is 0.0392. The van der Waals surface area contributed by atoms with E-state index in [0.29, 0.717) is 17.7 Å². The first-order valence-corrected chi connectivity index (χ1v) is 7.46. The second-order valence-corrected chi connectivity index (χ2v) is 6.10. The first-order valence-electron chi connectivity index (χ1n) is 5.27. The Morgan fingerprint density at radius 3 is 2.71 bits per heavy atom. The van der Waals surface area contributed by atoms with Crippen LogP contribution in [0.2, 0.25) is 0 Å². The molecule has 0 aliphatic heterocycles. The number of fused-ring (bicyclic) bond motifs is 1. The standard InChI is InChI=1S/C12H12ClNO2S/c13-7-3-9-17(15,16)12-11-5-2-1-4-10(11)6-8-14-12/h1-2,4-6,8H,3,7,9H2. The molecule has 0 aliphatic carbocycles. The van der Waals surface area contributed by atoms with Crippen molar-refractivity contribution in [2.24, 2.45) is 0 Å². The van der Waals surface area contributed by atoms with E-state index in [1.54, 1.807) is 12.1 Å². The van der Waals surface area contributed by atoms with Crippen LogP contribution in [-0.2, 0) is 9.84 Å². The van der Waals surface area contributed by atoms with E-state index < -0.39 is 9.84 Å². The van der Waals surface area contributed by atoms with Crippen LogP contribution in [0.25, 0.3) is 10.8 Å². The van der Waals surface area contributed by atoms with E-state index in [2.05, 4.69) is 4.98 Å². The van der Waals surface area contributed by atoms with Gasteiger partial charge < -0.3 is 0 Å². The molecule has 1 heterocycles. The molecule has 0 amide bonds. The summed E-state index contributed by atoms with van der Waals surface area (Å²) in [6.45, 7) is 0. The Labute approximate surface area is 105 Å². The fraction of sp³-hybridized carbons (Fsp3) is 0.250. The number of sulfone groups is 1. The molecular weight excluding hydrogens is 258 g/mol. The molecule has 0 saturated carbocycles. The Kier molecular flexibility index (Phi) is 3.64. The summed E-state index contributed by atoms with van der Waals surface area (Å²) in [6.07, 6.45) is 1.96. The molecule has 1 aromatic heterocycles. The number of aromatic nitrogens is 1. The largest absolute Gasteiger partial charge is 0.244 e. The van der Waals surface area contributed by atoms with Gasteiger partial charge >= 0.3 is 0 Å². The minimum atomic E-state index is -3.34. The molecule has 0 aliphatic rings. The van der Waals surface area contributed by atoms with Gasteiger partial charge in [-0.05, 0) is 17.9 Å². The van der Waals surface area contributed by atoms with Crippen molar-refractivity contribution >= 4 is 32.2 Å². The molecule has 0 radical (unpaired) electrons. The van der Waals surface area contributed by atoms with Gasteiger partial charge in [-0.2, -0.15) is 0 Å². The molecule has 17 heavy (non-hydrogen) atoms. The molecule has 0 atom stereocenters. The summed E-state index contributed by atoms with van der Waals surface area (Å²) in [7, 11) is -3.34. The number of pyridine rings is 1. The molecule has 3 nitrogen and oxygen atoms in total.